The summed E-state index contributed by atoms with van der Waals surface area (Å²) >= 11 is 5.66. The Balaban J connectivity index is 2.70. The van der Waals surface area contributed by atoms with Gasteiger partial charge in [0.05, 0.1) is 17.0 Å². The van der Waals surface area contributed by atoms with Gasteiger partial charge in [-0.3, -0.25) is 0 Å². The standard InChI is InChI=1S/C12H12ClF3N2O3/c1-18(5-4-12(14,15)16)11(21)17-7-2-3-9(13)8(6-7)10(19)20/h2-3,6H,4-5H2,1H3,(H,17,21)(H,19,20). The van der Waals surface area contributed by atoms with Crippen molar-refractivity contribution in [2.24, 2.45) is 0 Å². The zero-order chi connectivity index (χ0) is 16.2. The lowest BCUT2D eigenvalue weighted by molar-refractivity contribution is -0.135. The van der Waals surface area contributed by atoms with E-state index in [2.05, 4.69) is 5.32 Å². The number of benzene rings is 1. The summed E-state index contributed by atoms with van der Waals surface area (Å²) in [4.78, 5) is 23.4. The molecule has 0 saturated carbocycles. The molecular weight excluding hydrogens is 313 g/mol. The van der Waals surface area contributed by atoms with Gasteiger partial charge in [-0.1, -0.05) is 11.6 Å². The van der Waals surface area contributed by atoms with Gasteiger partial charge in [-0.25, -0.2) is 9.59 Å². The summed E-state index contributed by atoms with van der Waals surface area (Å²) < 4.78 is 36.2. The molecule has 0 atom stereocenters. The van der Waals surface area contributed by atoms with Crippen molar-refractivity contribution in [2.45, 2.75) is 12.6 Å². The third kappa shape index (κ3) is 5.50. The molecule has 0 bridgehead atoms. The van der Waals surface area contributed by atoms with Crippen molar-refractivity contribution in [3.8, 4) is 0 Å². The maximum Gasteiger partial charge on any atom is 0.390 e. The number of urea groups is 1. The van der Waals surface area contributed by atoms with Gasteiger partial charge in [-0.2, -0.15) is 13.2 Å². The number of carbonyl (C=O) groups is 2. The fraction of sp³-hybridized carbons (Fsp3) is 0.333. The summed E-state index contributed by atoms with van der Waals surface area (Å²) in [5.41, 5.74) is -0.0898. The second-order valence-corrected chi connectivity index (χ2v) is 4.62. The Morgan fingerprint density at radius 2 is 2.00 bits per heavy atom. The lowest BCUT2D eigenvalue weighted by atomic mass is 10.2. The van der Waals surface area contributed by atoms with Gasteiger partial charge in [0.2, 0.25) is 0 Å². The van der Waals surface area contributed by atoms with Crippen LogP contribution >= 0.6 is 11.6 Å². The first-order valence-electron chi connectivity index (χ1n) is 5.72. The van der Waals surface area contributed by atoms with Crippen LogP contribution in [0.4, 0.5) is 23.7 Å². The van der Waals surface area contributed by atoms with Gasteiger partial charge >= 0.3 is 18.2 Å². The fourth-order valence-electron chi connectivity index (χ4n) is 1.38. The first-order valence-corrected chi connectivity index (χ1v) is 6.09. The molecular formula is C12H12ClF3N2O3. The van der Waals surface area contributed by atoms with E-state index in [0.717, 1.165) is 11.0 Å². The zero-order valence-electron chi connectivity index (χ0n) is 10.9. The summed E-state index contributed by atoms with van der Waals surface area (Å²) in [5, 5.41) is 11.2. The van der Waals surface area contributed by atoms with Crippen LogP contribution in [0, 0.1) is 0 Å². The molecule has 1 rings (SSSR count). The number of alkyl halides is 3. The Kier molecular flexibility index (Phi) is 5.42. The van der Waals surface area contributed by atoms with Crippen molar-refractivity contribution in [3.63, 3.8) is 0 Å². The topological polar surface area (TPSA) is 69.6 Å². The third-order valence-electron chi connectivity index (χ3n) is 2.53. The summed E-state index contributed by atoms with van der Waals surface area (Å²) in [7, 11) is 1.20. The van der Waals surface area contributed by atoms with E-state index in [0.29, 0.717) is 0 Å². The first kappa shape index (κ1) is 17.1. The minimum Gasteiger partial charge on any atom is -0.478 e. The number of aromatic carboxylic acids is 1. The highest BCUT2D eigenvalue weighted by molar-refractivity contribution is 6.33. The van der Waals surface area contributed by atoms with E-state index in [4.69, 9.17) is 16.7 Å². The maximum atomic E-state index is 12.1. The molecule has 116 valence electrons. The molecule has 0 radical (unpaired) electrons. The number of nitrogens with one attached hydrogen (secondary N) is 1. The zero-order valence-corrected chi connectivity index (χ0v) is 11.6. The molecule has 1 aromatic rings. The van der Waals surface area contributed by atoms with Crippen LogP contribution < -0.4 is 5.32 Å². The van der Waals surface area contributed by atoms with Crippen molar-refractivity contribution in [2.75, 3.05) is 18.9 Å². The van der Waals surface area contributed by atoms with E-state index in [1.807, 2.05) is 0 Å². The van der Waals surface area contributed by atoms with E-state index < -0.39 is 31.1 Å². The second-order valence-electron chi connectivity index (χ2n) is 4.22. The molecule has 0 aliphatic rings. The number of carbonyl (C=O) groups excluding carboxylic acids is 1. The number of anilines is 1. The largest absolute Gasteiger partial charge is 0.478 e. The fourth-order valence-corrected chi connectivity index (χ4v) is 1.58. The van der Waals surface area contributed by atoms with Gasteiger partial charge in [0.1, 0.15) is 0 Å². The molecule has 1 aromatic carbocycles. The molecule has 5 nitrogen and oxygen atoms in total. The Labute approximate surface area is 123 Å². The second kappa shape index (κ2) is 6.66. The molecule has 0 aromatic heterocycles. The molecule has 2 N–H and O–H groups in total. The lowest BCUT2D eigenvalue weighted by Crippen LogP contribution is -2.34. The normalized spacial score (nSPS) is 11.1. The molecule has 0 aliphatic carbocycles. The van der Waals surface area contributed by atoms with E-state index >= 15 is 0 Å². The molecule has 0 spiro atoms. The summed E-state index contributed by atoms with van der Waals surface area (Å²) in [6.45, 7) is -0.505. The number of hydrogen-bond acceptors (Lipinski definition) is 2. The van der Waals surface area contributed by atoms with Crippen LogP contribution in [-0.2, 0) is 0 Å². The molecule has 0 unspecified atom stereocenters. The van der Waals surface area contributed by atoms with Crippen LogP contribution in [0.2, 0.25) is 5.02 Å². The number of carboxylic acids is 1. The first-order chi connectivity index (χ1) is 9.60. The maximum absolute atomic E-state index is 12.1. The predicted octanol–water partition coefficient (Wildman–Crippen LogP) is 3.45. The number of carboxylic acid groups (broad SMARTS) is 1. The minimum absolute atomic E-state index is 0.00840. The average Bonchev–Trinajstić information content (AvgIpc) is 2.36. The number of amides is 2. The Morgan fingerprint density at radius 1 is 1.38 bits per heavy atom. The van der Waals surface area contributed by atoms with Gasteiger partial charge < -0.3 is 15.3 Å². The van der Waals surface area contributed by atoms with E-state index in [9.17, 15) is 22.8 Å². The minimum atomic E-state index is -4.36. The van der Waals surface area contributed by atoms with Crippen molar-refractivity contribution in [3.05, 3.63) is 28.8 Å². The van der Waals surface area contributed by atoms with Crippen LogP contribution in [0.15, 0.2) is 18.2 Å². The smallest absolute Gasteiger partial charge is 0.390 e. The number of halogens is 4. The highest BCUT2D eigenvalue weighted by atomic mass is 35.5. The van der Waals surface area contributed by atoms with Crippen LogP contribution in [0.1, 0.15) is 16.8 Å². The van der Waals surface area contributed by atoms with Gasteiger partial charge in [0.15, 0.2) is 0 Å². The van der Waals surface area contributed by atoms with Crippen LogP contribution in [0.25, 0.3) is 0 Å². The quantitative estimate of drug-likeness (QED) is 0.891. The molecule has 0 aliphatic heterocycles. The number of rotatable bonds is 4. The monoisotopic (exact) mass is 324 g/mol. The van der Waals surface area contributed by atoms with E-state index in [-0.39, 0.29) is 16.3 Å². The van der Waals surface area contributed by atoms with Gasteiger partial charge in [-0.15, -0.1) is 0 Å². The highest BCUT2D eigenvalue weighted by Gasteiger charge is 2.28. The molecule has 9 heteroatoms. The van der Waals surface area contributed by atoms with Crippen molar-refractivity contribution >= 4 is 29.3 Å². The predicted molar refractivity (Wildman–Crippen MR) is 70.7 cm³/mol. The molecule has 21 heavy (non-hydrogen) atoms. The van der Waals surface area contributed by atoms with Crippen molar-refractivity contribution in [1.29, 1.82) is 0 Å². The van der Waals surface area contributed by atoms with E-state index in [1.54, 1.807) is 0 Å². The van der Waals surface area contributed by atoms with Crippen molar-refractivity contribution in [1.82, 2.24) is 4.90 Å². The molecule has 2 amide bonds. The van der Waals surface area contributed by atoms with E-state index in [1.165, 1.54) is 19.2 Å². The Hall–Kier alpha value is -1.96. The summed E-state index contributed by atoms with van der Waals surface area (Å²) in [6.07, 6.45) is -5.48. The lowest BCUT2D eigenvalue weighted by Gasteiger charge is -2.19. The number of nitrogens with zero attached hydrogens (tertiary/aromatic N) is 1. The SMILES string of the molecule is CN(CCC(F)(F)F)C(=O)Nc1ccc(Cl)c(C(=O)O)c1. The van der Waals surface area contributed by atoms with Crippen LogP contribution in [0.3, 0.4) is 0 Å². The van der Waals surface area contributed by atoms with Crippen LogP contribution in [-0.4, -0.2) is 41.8 Å². The molecule has 0 fully saturated rings. The Bertz CT molecular complexity index is 549. The van der Waals surface area contributed by atoms with Gasteiger partial charge in [0, 0.05) is 19.3 Å². The number of hydrogen-bond donors (Lipinski definition) is 2. The summed E-state index contributed by atoms with van der Waals surface area (Å²) in [6, 6.07) is 2.97. The molecule has 0 saturated heterocycles. The van der Waals surface area contributed by atoms with Crippen LogP contribution in [0.5, 0.6) is 0 Å². The van der Waals surface area contributed by atoms with Crippen molar-refractivity contribution < 1.29 is 27.9 Å². The van der Waals surface area contributed by atoms with Gasteiger partial charge in [0.25, 0.3) is 0 Å². The average molecular weight is 325 g/mol. The third-order valence-corrected chi connectivity index (χ3v) is 2.86. The summed E-state index contributed by atoms with van der Waals surface area (Å²) in [5.74, 6) is -1.28. The molecule has 0 heterocycles. The highest BCUT2D eigenvalue weighted by Crippen LogP contribution is 2.22. The van der Waals surface area contributed by atoms with Gasteiger partial charge in [-0.05, 0) is 18.2 Å². The Morgan fingerprint density at radius 3 is 2.52 bits per heavy atom.